The second-order valence-electron chi connectivity index (χ2n) is 3.84. The third kappa shape index (κ3) is 2.27. The summed E-state index contributed by atoms with van der Waals surface area (Å²) in [5, 5.41) is 21.3. The number of carboxylic acid groups (broad SMARTS) is 1. The second kappa shape index (κ2) is 4.44. The van der Waals surface area contributed by atoms with Crippen LogP contribution in [-0.2, 0) is 0 Å². The lowest BCUT2D eigenvalue weighted by Crippen LogP contribution is -2.28. The molecule has 0 unspecified atom stereocenters. The number of rotatable bonds is 3. The predicted molar refractivity (Wildman–Crippen MR) is 56.3 cm³/mol. The largest absolute Gasteiger partial charge is 0.476 e. The molecule has 0 saturated heterocycles. The van der Waals surface area contributed by atoms with Gasteiger partial charge in [0.05, 0.1) is 24.5 Å². The van der Waals surface area contributed by atoms with Crippen LogP contribution in [-0.4, -0.2) is 38.3 Å². The number of aliphatic hydroxyl groups is 1. The van der Waals surface area contributed by atoms with Crippen LogP contribution in [0.3, 0.4) is 0 Å². The lowest BCUT2D eigenvalue weighted by Gasteiger charge is -2.16. The molecule has 6 heteroatoms. The van der Waals surface area contributed by atoms with E-state index in [4.69, 9.17) is 5.11 Å². The van der Waals surface area contributed by atoms with Gasteiger partial charge in [0.25, 0.3) is 0 Å². The Kier molecular flexibility index (Phi) is 3.00. The molecule has 0 bridgehead atoms. The van der Waals surface area contributed by atoms with Gasteiger partial charge in [-0.3, -0.25) is 0 Å². The van der Waals surface area contributed by atoms with Crippen LogP contribution in [0, 0.1) is 0 Å². The minimum absolute atomic E-state index is 0.00928. The van der Waals surface area contributed by atoms with E-state index < -0.39 is 5.97 Å². The molecule has 1 aliphatic rings. The summed E-state index contributed by atoms with van der Waals surface area (Å²) in [7, 11) is 0. The first-order valence-electron chi connectivity index (χ1n) is 5.17. The van der Waals surface area contributed by atoms with E-state index in [9.17, 15) is 9.90 Å². The molecule has 1 aromatic heterocycles. The van der Waals surface area contributed by atoms with E-state index in [1.54, 1.807) is 0 Å². The van der Waals surface area contributed by atoms with Crippen molar-refractivity contribution in [2.24, 2.45) is 0 Å². The molecule has 2 atom stereocenters. The third-order valence-electron chi connectivity index (χ3n) is 2.68. The first-order valence-corrected chi connectivity index (χ1v) is 5.17. The van der Waals surface area contributed by atoms with E-state index in [2.05, 4.69) is 15.3 Å². The molecular weight excluding hydrogens is 210 g/mol. The Morgan fingerprint density at radius 3 is 2.69 bits per heavy atom. The van der Waals surface area contributed by atoms with Gasteiger partial charge in [-0.15, -0.1) is 0 Å². The van der Waals surface area contributed by atoms with Gasteiger partial charge >= 0.3 is 5.97 Å². The quantitative estimate of drug-likeness (QED) is 0.690. The summed E-state index contributed by atoms with van der Waals surface area (Å²) in [4.78, 5) is 18.2. The number of aromatic nitrogens is 2. The van der Waals surface area contributed by atoms with Crippen molar-refractivity contribution >= 4 is 11.8 Å². The van der Waals surface area contributed by atoms with Crippen molar-refractivity contribution in [2.45, 2.75) is 31.4 Å². The van der Waals surface area contributed by atoms with Crippen molar-refractivity contribution in [3.8, 4) is 0 Å². The average molecular weight is 223 g/mol. The maximum absolute atomic E-state index is 10.5. The second-order valence-corrected chi connectivity index (χ2v) is 3.84. The van der Waals surface area contributed by atoms with Gasteiger partial charge in [0.1, 0.15) is 5.82 Å². The van der Waals surface area contributed by atoms with Crippen LogP contribution in [0.1, 0.15) is 29.8 Å². The number of carbonyl (C=O) groups is 1. The van der Waals surface area contributed by atoms with Gasteiger partial charge in [-0.25, -0.2) is 14.8 Å². The number of hydrogen-bond donors (Lipinski definition) is 3. The summed E-state index contributed by atoms with van der Waals surface area (Å²) in [5.41, 5.74) is -0.0856. The molecular formula is C10H13N3O3. The molecule has 2 rings (SSSR count). The van der Waals surface area contributed by atoms with Gasteiger partial charge < -0.3 is 15.5 Å². The number of aromatic carboxylic acids is 1. The summed E-state index contributed by atoms with van der Waals surface area (Å²) in [6.07, 6.45) is 4.88. The summed E-state index contributed by atoms with van der Waals surface area (Å²) >= 11 is 0. The molecule has 1 aliphatic carbocycles. The van der Waals surface area contributed by atoms with Crippen LogP contribution in [0.15, 0.2) is 12.4 Å². The molecule has 3 N–H and O–H groups in total. The van der Waals surface area contributed by atoms with Gasteiger partial charge in [0.15, 0.2) is 5.69 Å². The fourth-order valence-corrected chi connectivity index (χ4v) is 1.81. The number of carboxylic acids is 1. The molecule has 16 heavy (non-hydrogen) atoms. The van der Waals surface area contributed by atoms with Gasteiger partial charge in [-0.1, -0.05) is 0 Å². The van der Waals surface area contributed by atoms with Crippen LogP contribution >= 0.6 is 0 Å². The standard InChI is InChI=1S/C10H13N3O3/c14-8-3-1-2-6(8)13-9-5-11-7(4-12-9)10(15)16/h4-6,8,14H,1-3H2,(H,12,13)(H,15,16)/t6-,8-/m1/s1. The fraction of sp³-hybridized carbons (Fsp3) is 0.500. The van der Waals surface area contributed by atoms with Crippen molar-refractivity contribution in [3.05, 3.63) is 18.1 Å². The molecule has 0 spiro atoms. The number of aliphatic hydroxyl groups excluding tert-OH is 1. The van der Waals surface area contributed by atoms with E-state index in [1.165, 1.54) is 12.4 Å². The maximum Gasteiger partial charge on any atom is 0.356 e. The van der Waals surface area contributed by atoms with Crippen molar-refractivity contribution in [1.82, 2.24) is 9.97 Å². The van der Waals surface area contributed by atoms with Crippen LogP contribution in [0.4, 0.5) is 5.82 Å². The highest BCUT2D eigenvalue weighted by molar-refractivity contribution is 5.84. The Morgan fingerprint density at radius 1 is 1.38 bits per heavy atom. The minimum atomic E-state index is -1.10. The zero-order valence-corrected chi connectivity index (χ0v) is 8.63. The van der Waals surface area contributed by atoms with Crippen molar-refractivity contribution in [3.63, 3.8) is 0 Å². The van der Waals surface area contributed by atoms with E-state index in [0.717, 1.165) is 19.3 Å². The van der Waals surface area contributed by atoms with Crippen molar-refractivity contribution in [2.75, 3.05) is 5.32 Å². The molecule has 1 fully saturated rings. The summed E-state index contributed by atoms with van der Waals surface area (Å²) in [5.74, 6) is -0.601. The van der Waals surface area contributed by atoms with Crippen molar-refractivity contribution in [1.29, 1.82) is 0 Å². The van der Waals surface area contributed by atoms with Gasteiger partial charge in [0, 0.05) is 0 Å². The van der Waals surface area contributed by atoms with Crippen LogP contribution in [0.5, 0.6) is 0 Å². The van der Waals surface area contributed by atoms with Crippen LogP contribution < -0.4 is 5.32 Å². The molecule has 1 aromatic rings. The fourth-order valence-electron chi connectivity index (χ4n) is 1.81. The Bertz CT molecular complexity index is 379. The molecule has 0 aromatic carbocycles. The van der Waals surface area contributed by atoms with E-state index in [1.807, 2.05) is 0 Å². The average Bonchev–Trinajstić information content (AvgIpc) is 2.65. The Labute approximate surface area is 92.4 Å². The highest BCUT2D eigenvalue weighted by Crippen LogP contribution is 2.21. The molecule has 0 amide bonds. The number of anilines is 1. The highest BCUT2D eigenvalue weighted by atomic mass is 16.4. The number of nitrogens with one attached hydrogen (secondary N) is 1. The first kappa shape index (κ1) is 10.8. The van der Waals surface area contributed by atoms with Gasteiger partial charge in [-0.05, 0) is 19.3 Å². The first-order chi connectivity index (χ1) is 7.66. The SMILES string of the molecule is O=C(O)c1cnc(N[C@@H]2CCC[C@H]2O)cn1. The molecule has 0 aliphatic heterocycles. The van der Waals surface area contributed by atoms with E-state index in [0.29, 0.717) is 5.82 Å². The Balaban J connectivity index is 2.02. The normalized spacial score (nSPS) is 24.3. The molecule has 86 valence electrons. The van der Waals surface area contributed by atoms with Gasteiger partial charge in [-0.2, -0.15) is 0 Å². The van der Waals surface area contributed by atoms with Gasteiger partial charge in [0.2, 0.25) is 0 Å². The molecule has 6 nitrogen and oxygen atoms in total. The molecule has 0 radical (unpaired) electrons. The summed E-state index contributed by atoms with van der Waals surface area (Å²) in [6, 6.07) is -0.00928. The Morgan fingerprint density at radius 2 is 2.19 bits per heavy atom. The zero-order chi connectivity index (χ0) is 11.5. The number of nitrogens with zero attached hydrogens (tertiary/aromatic N) is 2. The van der Waals surface area contributed by atoms with Crippen LogP contribution in [0.2, 0.25) is 0 Å². The molecule has 1 heterocycles. The van der Waals surface area contributed by atoms with Crippen LogP contribution in [0.25, 0.3) is 0 Å². The maximum atomic E-state index is 10.5. The monoisotopic (exact) mass is 223 g/mol. The zero-order valence-electron chi connectivity index (χ0n) is 8.63. The topological polar surface area (TPSA) is 95.3 Å². The smallest absolute Gasteiger partial charge is 0.356 e. The molecule has 1 saturated carbocycles. The highest BCUT2D eigenvalue weighted by Gasteiger charge is 2.25. The summed E-state index contributed by atoms with van der Waals surface area (Å²) < 4.78 is 0. The lowest BCUT2D eigenvalue weighted by molar-refractivity contribution is 0.0690. The predicted octanol–water partition coefficient (Wildman–Crippen LogP) is 0.500. The van der Waals surface area contributed by atoms with E-state index >= 15 is 0 Å². The number of hydrogen-bond acceptors (Lipinski definition) is 5. The minimum Gasteiger partial charge on any atom is -0.476 e. The van der Waals surface area contributed by atoms with Crippen molar-refractivity contribution < 1.29 is 15.0 Å². The lowest BCUT2D eigenvalue weighted by atomic mass is 10.2. The third-order valence-corrected chi connectivity index (χ3v) is 2.68. The van der Waals surface area contributed by atoms with E-state index in [-0.39, 0.29) is 17.8 Å². The Hall–Kier alpha value is -1.69. The summed E-state index contributed by atoms with van der Waals surface area (Å²) in [6.45, 7) is 0.